The number of alkyl halides is 3. The number of methoxy groups -OCH3 is 1. The lowest BCUT2D eigenvalue weighted by Gasteiger charge is -2.33. The molecular weight excluding hydrogens is 569 g/mol. The maximum Gasteiger partial charge on any atom is 0.433 e. The Morgan fingerprint density at radius 1 is 1.14 bits per heavy atom. The fraction of sp³-hybridized carbons (Fsp3) is 0.400. The molecule has 1 aliphatic rings. The Bertz CT molecular complexity index is 1650. The molecule has 42 heavy (non-hydrogen) atoms. The van der Waals surface area contributed by atoms with Crippen molar-refractivity contribution < 1.29 is 32.2 Å². The number of ether oxygens (including phenoxy) is 2. The first kappa shape index (κ1) is 29.6. The first-order valence-electron chi connectivity index (χ1n) is 13.6. The molecule has 8 nitrogen and oxygen atoms in total. The maximum atomic E-state index is 14.1. The Kier molecular flexibility index (Phi) is 7.78. The molecule has 0 saturated heterocycles. The van der Waals surface area contributed by atoms with Crippen LogP contribution in [0.5, 0.6) is 5.75 Å². The lowest BCUT2D eigenvalue weighted by Crippen LogP contribution is -2.26. The Morgan fingerprint density at radius 3 is 2.48 bits per heavy atom. The van der Waals surface area contributed by atoms with Crippen LogP contribution >= 0.6 is 11.3 Å². The van der Waals surface area contributed by atoms with E-state index in [-0.39, 0.29) is 29.1 Å². The summed E-state index contributed by atoms with van der Waals surface area (Å²) in [6, 6.07) is 8.53. The summed E-state index contributed by atoms with van der Waals surface area (Å²) in [4.78, 5) is 31.7. The molecule has 0 unspecified atom stereocenters. The third-order valence-electron chi connectivity index (χ3n) is 7.53. The zero-order chi connectivity index (χ0) is 30.4. The number of rotatable bonds is 6. The number of esters is 1. The molecule has 0 spiro atoms. The second-order valence-electron chi connectivity index (χ2n) is 11.2. The van der Waals surface area contributed by atoms with Gasteiger partial charge in [-0.1, -0.05) is 20.8 Å². The second kappa shape index (κ2) is 11.0. The highest BCUT2D eigenvalue weighted by atomic mass is 32.1. The Balaban J connectivity index is 1.52. The van der Waals surface area contributed by atoms with Crippen LogP contribution in [-0.4, -0.2) is 40.2 Å². The molecule has 0 saturated carbocycles. The Morgan fingerprint density at radius 2 is 1.86 bits per heavy atom. The predicted octanol–water partition coefficient (Wildman–Crippen LogP) is 7.07. The molecule has 0 fully saturated rings. The fourth-order valence-corrected chi connectivity index (χ4v) is 6.51. The Hall–Kier alpha value is -3.93. The van der Waals surface area contributed by atoms with Gasteiger partial charge >= 0.3 is 12.1 Å². The van der Waals surface area contributed by atoms with Crippen molar-refractivity contribution in [2.45, 2.75) is 53.1 Å². The third-order valence-corrected chi connectivity index (χ3v) is 8.70. The smallest absolute Gasteiger partial charge is 0.433 e. The van der Waals surface area contributed by atoms with E-state index in [9.17, 15) is 22.8 Å². The van der Waals surface area contributed by atoms with E-state index in [1.165, 1.54) is 24.5 Å². The molecule has 222 valence electrons. The van der Waals surface area contributed by atoms with Crippen LogP contribution in [0.4, 0.5) is 18.2 Å². The number of halogens is 3. The molecular formula is C30H31F3N4O4S. The second-order valence-corrected chi connectivity index (χ2v) is 12.3. The van der Waals surface area contributed by atoms with Crippen molar-refractivity contribution in [1.82, 2.24) is 14.6 Å². The van der Waals surface area contributed by atoms with Gasteiger partial charge in [-0.15, -0.1) is 11.3 Å². The summed E-state index contributed by atoms with van der Waals surface area (Å²) >= 11 is 1.30. The highest BCUT2D eigenvalue weighted by Gasteiger charge is 2.37. The summed E-state index contributed by atoms with van der Waals surface area (Å²) in [5, 5.41) is 7.00. The minimum Gasteiger partial charge on any atom is -0.497 e. The average Bonchev–Trinajstić information content (AvgIpc) is 3.52. The van der Waals surface area contributed by atoms with Crippen molar-refractivity contribution in [1.29, 1.82) is 0 Å². The molecule has 5 rings (SSSR count). The van der Waals surface area contributed by atoms with Gasteiger partial charge in [0, 0.05) is 16.5 Å². The van der Waals surface area contributed by atoms with Gasteiger partial charge in [0.25, 0.3) is 5.91 Å². The van der Waals surface area contributed by atoms with Gasteiger partial charge in [0.15, 0.2) is 17.0 Å². The number of fused-ring (bicyclic) bond motifs is 2. The van der Waals surface area contributed by atoms with Crippen LogP contribution < -0.4 is 10.1 Å². The summed E-state index contributed by atoms with van der Waals surface area (Å²) in [7, 11) is 1.49. The summed E-state index contributed by atoms with van der Waals surface area (Å²) in [6.07, 6.45) is -2.45. The minimum absolute atomic E-state index is 0.0632. The average molecular weight is 601 g/mol. The van der Waals surface area contributed by atoms with Gasteiger partial charge in [0.1, 0.15) is 10.8 Å². The number of amides is 1. The van der Waals surface area contributed by atoms with Crippen molar-refractivity contribution in [2.24, 2.45) is 11.3 Å². The van der Waals surface area contributed by atoms with E-state index in [1.54, 1.807) is 31.2 Å². The summed E-state index contributed by atoms with van der Waals surface area (Å²) < 4.78 is 53.3. The van der Waals surface area contributed by atoms with Crippen molar-refractivity contribution >= 4 is 33.9 Å². The molecule has 3 aromatic heterocycles. The number of carbonyl (C=O) groups is 2. The van der Waals surface area contributed by atoms with Gasteiger partial charge in [0.2, 0.25) is 0 Å². The number of hydrogen-bond donors (Lipinski definition) is 1. The molecule has 1 aliphatic carbocycles. The van der Waals surface area contributed by atoms with Crippen molar-refractivity contribution in [3.8, 4) is 17.0 Å². The lowest BCUT2D eigenvalue weighted by molar-refractivity contribution is -0.142. The van der Waals surface area contributed by atoms with Gasteiger partial charge in [-0.3, -0.25) is 4.79 Å². The first-order valence-corrected chi connectivity index (χ1v) is 14.4. The van der Waals surface area contributed by atoms with Gasteiger partial charge < -0.3 is 14.8 Å². The standard InChI is InChI=1S/C30H31F3N4O4S/c1-6-41-28(39)25-19-12-9-17(29(2,3)4)13-22(19)42-27(25)35-26(38)21-15-24-34-20(16-7-10-18(40-5)11-8-16)14-23(30(31,32)33)37(24)36-21/h7-8,10-11,14-15,17H,6,9,12-13H2,1-5H3,(H,35,38)/t17-/m0/s1. The quantitative estimate of drug-likeness (QED) is 0.238. The molecule has 4 aromatic rings. The largest absolute Gasteiger partial charge is 0.497 e. The fourth-order valence-electron chi connectivity index (χ4n) is 5.20. The molecule has 12 heteroatoms. The maximum absolute atomic E-state index is 14.1. The predicted molar refractivity (Wildman–Crippen MR) is 153 cm³/mol. The molecule has 1 aromatic carbocycles. The zero-order valence-electron chi connectivity index (χ0n) is 23.9. The van der Waals surface area contributed by atoms with Crippen LogP contribution in [0.15, 0.2) is 36.4 Å². The number of nitrogens with one attached hydrogen (secondary N) is 1. The summed E-state index contributed by atoms with van der Waals surface area (Å²) in [6.45, 7) is 8.40. The van der Waals surface area contributed by atoms with Crippen LogP contribution in [0.1, 0.15) is 71.1 Å². The van der Waals surface area contributed by atoms with E-state index in [0.717, 1.165) is 29.3 Å². The van der Waals surface area contributed by atoms with Gasteiger partial charge in [0.05, 0.1) is 25.0 Å². The van der Waals surface area contributed by atoms with Crippen molar-refractivity contribution in [3.63, 3.8) is 0 Å². The molecule has 3 heterocycles. The van der Waals surface area contributed by atoms with Crippen LogP contribution in [-0.2, 0) is 23.8 Å². The highest BCUT2D eigenvalue weighted by molar-refractivity contribution is 7.17. The molecule has 0 aliphatic heterocycles. The SMILES string of the molecule is CCOC(=O)c1c(NC(=O)c2cc3nc(-c4ccc(OC)cc4)cc(C(F)(F)F)n3n2)sc2c1CC[C@H](C(C)(C)C)C2. The summed E-state index contributed by atoms with van der Waals surface area (Å²) in [5.41, 5.74) is 0.232. The number of aromatic nitrogens is 3. The monoisotopic (exact) mass is 600 g/mol. The molecule has 0 bridgehead atoms. The summed E-state index contributed by atoms with van der Waals surface area (Å²) in [5.74, 6) is -0.353. The van der Waals surface area contributed by atoms with E-state index in [1.807, 2.05) is 0 Å². The van der Waals surface area contributed by atoms with E-state index >= 15 is 0 Å². The van der Waals surface area contributed by atoms with Crippen LogP contribution in [0.3, 0.4) is 0 Å². The van der Waals surface area contributed by atoms with E-state index in [2.05, 4.69) is 36.2 Å². The highest BCUT2D eigenvalue weighted by Crippen LogP contribution is 2.44. The zero-order valence-corrected chi connectivity index (χ0v) is 24.7. The number of nitrogens with zero attached hydrogens (tertiary/aromatic N) is 3. The Labute approximate surface area is 244 Å². The lowest BCUT2D eigenvalue weighted by atomic mass is 9.72. The van der Waals surface area contributed by atoms with E-state index in [0.29, 0.717) is 38.7 Å². The van der Waals surface area contributed by atoms with Gasteiger partial charge in [-0.2, -0.15) is 18.3 Å². The van der Waals surface area contributed by atoms with Crippen molar-refractivity contribution in [2.75, 3.05) is 19.0 Å². The number of carbonyl (C=O) groups excluding carboxylic acids is 2. The minimum atomic E-state index is -4.77. The number of anilines is 1. The van der Waals surface area contributed by atoms with Crippen LogP contribution in [0.2, 0.25) is 0 Å². The number of thiophene rings is 1. The topological polar surface area (TPSA) is 94.8 Å². The van der Waals surface area contributed by atoms with Gasteiger partial charge in [-0.25, -0.2) is 14.3 Å². The van der Waals surface area contributed by atoms with Crippen LogP contribution in [0.25, 0.3) is 16.9 Å². The molecule has 0 radical (unpaired) electrons. The molecule has 1 amide bonds. The third kappa shape index (κ3) is 5.72. The van der Waals surface area contributed by atoms with E-state index in [4.69, 9.17) is 9.47 Å². The normalized spacial score (nSPS) is 15.4. The molecule has 1 atom stereocenters. The van der Waals surface area contributed by atoms with Crippen LogP contribution in [0, 0.1) is 11.3 Å². The molecule has 1 N–H and O–H groups in total. The number of benzene rings is 1. The number of hydrogen-bond acceptors (Lipinski definition) is 7. The van der Waals surface area contributed by atoms with E-state index < -0.39 is 23.7 Å². The van der Waals surface area contributed by atoms with Crippen molar-refractivity contribution in [3.05, 3.63) is 63.8 Å². The van der Waals surface area contributed by atoms with Gasteiger partial charge in [-0.05, 0) is 73.4 Å². The first-order chi connectivity index (χ1) is 19.8.